The van der Waals surface area contributed by atoms with Gasteiger partial charge in [-0.2, -0.15) is 0 Å². The van der Waals surface area contributed by atoms with Crippen LogP contribution in [0.5, 0.6) is 0 Å². The first-order valence-electron chi connectivity index (χ1n) is 18.3. The highest BCUT2D eigenvalue weighted by Gasteiger charge is 2.26. The number of fused-ring (bicyclic) bond motifs is 4. The van der Waals surface area contributed by atoms with Crippen LogP contribution in [0.15, 0.2) is 193 Å². The van der Waals surface area contributed by atoms with Gasteiger partial charge >= 0.3 is 0 Å². The molecule has 0 saturated carbocycles. The Balaban J connectivity index is 1.12. The van der Waals surface area contributed by atoms with E-state index in [4.69, 9.17) is 9.98 Å². The van der Waals surface area contributed by atoms with Crippen LogP contribution in [0.25, 0.3) is 66.0 Å². The molecule has 2 N–H and O–H groups in total. The molecule has 256 valence electrons. The third kappa shape index (κ3) is 5.87. The van der Waals surface area contributed by atoms with Crippen LogP contribution in [0.2, 0.25) is 0 Å². The van der Waals surface area contributed by atoms with Crippen LogP contribution < -0.4 is 10.6 Å². The molecule has 0 aliphatic carbocycles. The molecule has 2 aromatic heterocycles. The maximum Gasteiger partial charge on any atom is 0.131 e. The van der Waals surface area contributed by atoms with Gasteiger partial charge in [0.15, 0.2) is 0 Å². The van der Waals surface area contributed by atoms with Crippen molar-refractivity contribution in [2.24, 2.45) is 4.99 Å². The smallest absolute Gasteiger partial charge is 0.131 e. The van der Waals surface area contributed by atoms with Gasteiger partial charge in [-0.15, -0.1) is 0 Å². The molecule has 1 aliphatic rings. The first-order valence-corrected chi connectivity index (χ1v) is 18.3. The molecule has 2 atom stereocenters. The minimum Gasteiger partial charge on any atom is -0.350 e. The number of aromatic nitrogens is 2. The number of amidine groups is 1. The maximum atomic E-state index is 5.32. The summed E-state index contributed by atoms with van der Waals surface area (Å²) in [4.78, 5) is 14.9. The minimum atomic E-state index is -0.305. The molecule has 0 radical (unpaired) electrons. The Kier molecular flexibility index (Phi) is 7.97. The number of hydrogen-bond donors (Lipinski definition) is 2. The standard InChI is InChI=1S/C49H35N5/c1-3-13-35(14-4-1)47-52-48(36-15-5-2-6-16-36)54-49(53-47)39-29-37(28-38(30-39)41-20-11-17-33-12-7-8-18-40(33)41)32-22-24-34(25-23-32)46-44-31-50-27-26-42(44)43-19-9-10-21-45(43)51-46/h1-31,47,49,53H,(H,52,54). The predicted molar refractivity (Wildman–Crippen MR) is 222 cm³/mol. The van der Waals surface area contributed by atoms with Crippen LogP contribution >= 0.6 is 0 Å². The van der Waals surface area contributed by atoms with E-state index in [1.54, 1.807) is 0 Å². The van der Waals surface area contributed by atoms with Gasteiger partial charge in [-0.25, -0.2) is 9.98 Å². The Morgan fingerprint density at radius 1 is 0.463 bits per heavy atom. The van der Waals surface area contributed by atoms with Gasteiger partial charge in [-0.3, -0.25) is 10.3 Å². The van der Waals surface area contributed by atoms with Gasteiger partial charge in [0.05, 0.1) is 11.2 Å². The number of para-hydroxylation sites is 1. The SMILES string of the molecule is c1ccc(C2=NC(c3cc(-c4ccc(-c5nc6ccccc6c6ccncc56)cc4)cc(-c4cccc5ccccc45)c3)NC(c3ccccc3)N2)cc1. The summed E-state index contributed by atoms with van der Waals surface area (Å²) in [6.45, 7) is 0. The van der Waals surface area contributed by atoms with Crippen LogP contribution in [0.4, 0.5) is 0 Å². The van der Waals surface area contributed by atoms with Crippen LogP contribution in [0.3, 0.4) is 0 Å². The van der Waals surface area contributed by atoms with Crippen molar-refractivity contribution < 1.29 is 0 Å². The van der Waals surface area contributed by atoms with Crippen molar-refractivity contribution in [3.05, 3.63) is 205 Å². The lowest BCUT2D eigenvalue weighted by Gasteiger charge is -2.32. The van der Waals surface area contributed by atoms with E-state index >= 15 is 0 Å². The molecule has 3 heterocycles. The maximum absolute atomic E-state index is 5.32. The van der Waals surface area contributed by atoms with Crippen molar-refractivity contribution in [3.63, 3.8) is 0 Å². The second kappa shape index (κ2) is 13.6. The molecule has 2 unspecified atom stereocenters. The molecule has 10 rings (SSSR count). The highest BCUT2D eigenvalue weighted by Crippen LogP contribution is 2.38. The molecular weight excluding hydrogens is 659 g/mol. The first-order chi connectivity index (χ1) is 26.7. The summed E-state index contributed by atoms with van der Waals surface area (Å²) in [6.07, 6.45) is 3.34. The Bertz CT molecular complexity index is 2830. The minimum absolute atomic E-state index is 0.133. The van der Waals surface area contributed by atoms with E-state index in [1.165, 1.54) is 16.3 Å². The molecular formula is C49H35N5. The second-order valence-electron chi connectivity index (χ2n) is 13.7. The number of nitrogens with zero attached hydrogens (tertiary/aromatic N) is 3. The predicted octanol–water partition coefficient (Wildman–Crippen LogP) is 11.3. The molecule has 0 fully saturated rings. The summed E-state index contributed by atoms with van der Waals surface area (Å²) in [6, 6.07) is 62.1. The molecule has 0 bridgehead atoms. The molecule has 0 spiro atoms. The van der Waals surface area contributed by atoms with Gasteiger partial charge in [-0.05, 0) is 79.9 Å². The van der Waals surface area contributed by atoms with Gasteiger partial charge < -0.3 is 5.32 Å². The van der Waals surface area contributed by atoms with Crippen LogP contribution in [-0.4, -0.2) is 15.8 Å². The van der Waals surface area contributed by atoms with E-state index in [-0.39, 0.29) is 12.3 Å². The summed E-state index contributed by atoms with van der Waals surface area (Å²) in [5.74, 6) is 0.860. The molecule has 1 aliphatic heterocycles. The van der Waals surface area contributed by atoms with Gasteiger partial charge in [-0.1, -0.05) is 146 Å². The van der Waals surface area contributed by atoms with Crippen molar-refractivity contribution in [1.82, 2.24) is 20.6 Å². The average Bonchev–Trinajstić information content (AvgIpc) is 3.26. The van der Waals surface area contributed by atoms with Crippen molar-refractivity contribution in [2.75, 3.05) is 0 Å². The van der Waals surface area contributed by atoms with E-state index in [0.717, 1.165) is 72.1 Å². The highest BCUT2D eigenvalue weighted by molar-refractivity contribution is 6.10. The van der Waals surface area contributed by atoms with E-state index in [0.29, 0.717) is 0 Å². The van der Waals surface area contributed by atoms with Gasteiger partial charge in [0.2, 0.25) is 0 Å². The first kappa shape index (κ1) is 31.8. The summed E-state index contributed by atoms with van der Waals surface area (Å²) in [5.41, 5.74) is 10.8. The van der Waals surface area contributed by atoms with Crippen LogP contribution in [0.1, 0.15) is 29.0 Å². The zero-order valence-corrected chi connectivity index (χ0v) is 29.4. The third-order valence-electron chi connectivity index (χ3n) is 10.4. The lowest BCUT2D eigenvalue weighted by Crippen LogP contribution is -2.44. The zero-order chi connectivity index (χ0) is 35.8. The zero-order valence-electron chi connectivity index (χ0n) is 29.4. The fraction of sp³-hybridized carbons (Fsp3) is 0.0408. The second-order valence-corrected chi connectivity index (χ2v) is 13.7. The van der Waals surface area contributed by atoms with E-state index in [2.05, 4.69) is 179 Å². The number of hydrogen-bond acceptors (Lipinski definition) is 5. The van der Waals surface area contributed by atoms with E-state index in [9.17, 15) is 0 Å². The lowest BCUT2D eigenvalue weighted by molar-refractivity contribution is 0.409. The fourth-order valence-corrected chi connectivity index (χ4v) is 7.74. The molecule has 0 amide bonds. The normalized spacial score (nSPS) is 15.6. The largest absolute Gasteiger partial charge is 0.350 e. The number of benzene rings is 7. The number of aliphatic imine (C=N–C) groups is 1. The topological polar surface area (TPSA) is 62.2 Å². The molecule has 9 aromatic rings. The lowest BCUT2D eigenvalue weighted by atomic mass is 9.91. The average molecular weight is 694 g/mol. The monoisotopic (exact) mass is 693 g/mol. The molecule has 7 aromatic carbocycles. The fourth-order valence-electron chi connectivity index (χ4n) is 7.74. The van der Waals surface area contributed by atoms with Crippen molar-refractivity contribution in [3.8, 4) is 33.5 Å². The van der Waals surface area contributed by atoms with E-state index < -0.39 is 0 Å². The van der Waals surface area contributed by atoms with Crippen molar-refractivity contribution in [2.45, 2.75) is 12.3 Å². The van der Waals surface area contributed by atoms with Crippen LogP contribution in [0, 0.1) is 0 Å². The quantitative estimate of drug-likeness (QED) is 0.170. The Hall–Kier alpha value is -6.95. The number of pyridine rings is 2. The van der Waals surface area contributed by atoms with Crippen LogP contribution in [-0.2, 0) is 0 Å². The summed E-state index contributed by atoms with van der Waals surface area (Å²) < 4.78 is 0. The summed E-state index contributed by atoms with van der Waals surface area (Å²) in [7, 11) is 0. The number of nitrogens with one attached hydrogen (secondary N) is 2. The summed E-state index contributed by atoms with van der Waals surface area (Å²) in [5, 5.41) is 13.3. The van der Waals surface area contributed by atoms with Crippen molar-refractivity contribution >= 4 is 38.3 Å². The Morgan fingerprint density at radius 3 is 2.02 bits per heavy atom. The molecule has 5 nitrogen and oxygen atoms in total. The molecule has 54 heavy (non-hydrogen) atoms. The highest BCUT2D eigenvalue weighted by atomic mass is 15.3. The third-order valence-corrected chi connectivity index (χ3v) is 10.4. The van der Waals surface area contributed by atoms with Gasteiger partial charge in [0, 0.05) is 34.3 Å². The molecule has 5 heteroatoms. The van der Waals surface area contributed by atoms with Crippen molar-refractivity contribution in [1.29, 1.82) is 0 Å². The summed E-state index contributed by atoms with van der Waals surface area (Å²) >= 11 is 0. The number of rotatable bonds is 6. The van der Waals surface area contributed by atoms with Gasteiger partial charge in [0.1, 0.15) is 18.2 Å². The Morgan fingerprint density at radius 2 is 1.17 bits per heavy atom. The molecule has 0 saturated heterocycles. The van der Waals surface area contributed by atoms with Gasteiger partial charge in [0.25, 0.3) is 0 Å². The van der Waals surface area contributed by atoms with E-state index in [1.807, 2.05) is 24.5 Å². The Labute approximate surface area is 313 Å².